The first kappa shape index (κ1) is 66.6. The lowest BCUT2D eigenvalue weighted by Crippen LogP contribution is -2.41. The van der Waals surface area contributed by atoms with Crippen LogP contribution in [0.5, 0.6) is 0 Å². The van der Waals surface area contributed by atoms with Crippen LogP contribution in [-0.2, 0) is 9.31 Å². The molecule has 528 valence electrons. The molecule has 1 aliphatic heterocycles. The molecule has 0 atom stereocenters. The number of aromatic nitrogens is 2. The highest BCUT2D eigenvalue weighted by atomic mass is 16.7. The third kappa shape index (κ3) is 10.9. The third-order valence-corrected chi connectivity index (χ3v) is 24.1. The molecule has 1 aromatic heterocycles. The molecule has 112 heavy (non-hydrogen) atoms. The highest BCUT2D eigenvalue weighted by molar-refractivity contribution is 6.62. The normalized spacial score (nSPS) is 13.4. The number of imidazole rings is 1. The highest BCUT2D eigenvalue weighted by Gasteiger charge is 2.52. The van der Waals surface area contributed by atoms with E-state index in [2.05, 4.69) is 414 Å². The Hall–Kier alpha value is -13.5. The molecular weight excluding hydrogens is 1360 g/mol. The van der Waals surface area contributed by atoms with Crippen molar-refractivity contribution in [3.8, 4) is 83.8 Å². The summed E-state index contributed by atoms with van der Waals surface area (Å²) < 4.78 is 15.4. The van der Waals surface area contributed by atoms with E-state index in [1.807, 2.05) is 0 Å². The number of hydrogen-bond donors (Lipinski definition) is 0. The van der Waals surface area contributed by atoms with Crippen molar-refractivity contribution in [2.75, 3.05) is 0 Å². The van der Waals surface area contributed by atoms with Gasteiger partial charge in [-0.1, -0.05) is 352 Å². The zero-order valence-electron chi connectivity index (χ0n) is 62.7. The van der Waals surface area contributed by atoms with Crippen LogP contribution in [-0.4, -0.2) is 27.9 Å². The van der Waals surface area contributed by atoms with Gasteiger partial charge in [0.1, 0.15) is 5.82 Å². The quantitative estimate of drug-likeness (QED) is 0.107. The lowest BCUT2D eigenvalue weighted by Gasteiger charge is -2.32. The largest absolute Gasteiger partial charge is 0.494 e. The van der Waals surface area contributed by atoms with Crippen LogP contribution in [0.4, 0.5) is 0 Å². The van der Waals surface area contributed by atoms with Crippen LogP contribution in [0.2, 0.25) is 0 Å². The predicted octanol–water partition coefficient (Wildman–Crippen LogP) is 28.2. The fraction of sp³-hybridized carbons (Fsp3) is 0.0561. The molecule has 0 aliphatic carbocycles. The van der Waals surface area contributed by atoms with Crippen molar-refractivity contribution in [3.05, 3.63) is 382 Å². The molecule has 1 aliphatic rings. The molecule has 4 nitrogen and oxygen atoms in total. The first-order valence-electron chi connectivity index (χ1n) is 38.9. The minimum atomic E-state index is -0.442. The van der Waals surface area contributed by atoms with E-state index in [1.54, 1.807) is 0 Å². The van der Waals surface area contributed by atoms with Gasteiger partial charge in [0, 0.05) is 11.3 Å². The van der Waals surface area contributed by atoms with Gasteiger partial charge in [0.15, 0.2) is 0 Å². The summed E-state index contributed by atoms with van der Waals surface area (Å²) in [6, 6.07) is 140. The summed E-state index contributed by atoms with van der Waals surface area (Å²) in [5.74, 6) is 0.926. The molecule has 22 rings (SSSR count). The average molecular weight is 1430 g/mol. The van der Waals surface area contributed by atoms with Crippen molar-refractivity contribution >= 4 is 131 Å². The molecule has 1 saturated heterocycles. The monoisotopic (exact) mass is 1430 g/mol. The van der Waals surface area contributed by atoms with Crippen molar-refractivity contribution in [3.63, 3.8) is 0 Å². The number of fused-ring (bicyclic) bond motifs is 11. The Morgan fingerprint density at radius 2 is 0.545 bits per heavy atom. The Balaban J connectivity index is 0.000000158. The zero-order valence-corrected chi connectivity index (χ0v) is 62.7. The lowest BCUT2D eigenvalue weighted by atomic mass is 9.76. The van der Waals surface area contributed by atoms with Gasteiger partial charge in [-0.3, -0.25) is 4.57 Å². The van der Waals surface area contributed by atoms with Gasteiger partial charge in [0.25, 0.3) is 0 Å². The molecule has 0 saturated carbocycles. The van der Waals surface area contributed by atoms with Crippen molar-refractivity contribution in [1.82, 2.24) is 9.55 Å². The Morgan fingerprint density at radius 1 is 0.241 bits per heavy atom. The van der Waals surface area contributed by atoms with E-state index >= 15 is 0 Å². The van der Waals surface area contributed by atoms with Gasteiger partial charge in [-0.15, -0.1) is 0 Å². The van der Waals surface area contributed by atoms with Crippen LogP contribution in [0.3, 0.4) is 0 Å². The number of benzene rings is 20. The van der Waals surface area contributed by atoms with Crippen molar-refractivity contribution in [1.29, 1.82) is 0 Å². The topological polar surface area (TPSA) is 36.3 Å². The lowest BCUT2D eigenvalue weighted by molar-refractivity contribution is 0.00578. The van der Waals surface area contributed by atoms with Gasteiger partial charge in [-0.25, -0.2) is 4.98 Å². The summed E-state index contributed by atoms with van der Waals surface area (Å²) >= 11 is 0. The summed E-state index contributed by atoms with van der Waals surface area (Å²) in [5, 5.41) is 24.7. The first-order valence-corrected chi connectivity index (χ1v) is 38.9. The zero-order chi connectivity index (χ0) is 74.8. The van der Waals surface area contributed by atoms with E-state index in [0.717, 1.165) is 33.6 Å². The minimum absolute atomic E-state index is 0.414. The summed E-state index contributed by atoms with van der Waals surface area (Å²) in [6.07, 6.45) is 0. The molecule has 0 radical (unpaired) electrons. The second-order valence-corrected chi connectivity index (χ2v) is 30.9. The molecular formula is C107H75BN2O2. The van der Waals surface area contributed by atoms with Crippen molar-refractivity contribution < 1.29 is 9.31 Å². The molecule has 0 amide bonds. The maximum Gasteiger partial charge on any atom is 0.494 e. The summed E-state index contributed by atoms with van der Waals surface area (Å²) in [7, 11) is -0.442. The molecule has 0 N–H and O–H groups in total. The van der Waals surface area contributed by atoms with Crippen LogP contribution >= 0.6 is 0 Å². The van der Waals surface area contributed by atoms with Crippen LogP contribution in [0.15, 0.2) is 382 Å². The van der Waals surface area contributed by atoms with Crippen molar-refractivity contribution in [2.24, 2.45) is 0 Å². The van der Waals surface area contributed by atoms with E-state index in [4.69, 9.17) is 14.3 Å². The number of rotatable bonds is 9. The van der Waals surface area contributed by atoms with Crippen LogP contribution in [0.25, 0.3) is 203 Å². The number of para-hydroxylation sites is 3. The Kier molecular flexibility index (Phi) is 15.9. The van der Waals surface area contributed by atoms with Gasteiger partial charge < -0.3 is 9.31 Å². The number of nitrogens with zero attached hydrogens (tertiary/aromatic N) is 2. The van der Waals surface area contributed by atoms with Gasteiger partial charge in [0.2, 0.25) is 0 Å². The van der Waals surface area contributed by atoms with E-state index < -0.39 is 18.3 Å². The Labute approximate surface area is 650 Å². The second kappa shape index (κ2) is 26.6. The second-order valence-electron chi connectivity index (χ2n) is 30.9. The fourth-order valence-electron chi connectivity index (χ4n) is 18.2. The average Bonchev–Trinajstić information content (AvgIpc) is 1.02. The number of hydrogen-bond acceptors (Lipinski definition) is 3. The highest BCUT2D eigenvalue weighted by Crippen LogP contribution is 2.52. The van der Waals surface area contributed by atoms with E-state index in [9.17, 15) is 0 Å². The molecule has 5 heteroatoms. The maximum atomic E-state index is 6.55. The van der Waals surface area contributed by atoms with Crippen molar-refractivity contribution in [2.45, 2.75) is 38.9 Å². The van der Waals surface area contributed by atoms with Gasteiger partial charge in [0.05, 0.1) is 22.2 Å². The molecule has 20 aromatic carbocycles. The molecule has 21 aromatic rings. The SMILES string of the molecule is CC1(C)OB(c2ccc3c(-c4cccc5ccccc45)c4ccccc4c(-c4cccc5ccccc45)c3c2)OC1(C)C.c1ccc(-n2c(-c3ccc(-c4c5ccccc5c(-c5ccc6c(-c7cccc8ccccc78)c7ccccc7c(-c7cccc8ccccc78)c6c5)c5ccccc45)cc3)nc3ccccc32)cc1. The Bertz CT molecular complexity index is 7310. The minimum Gasteiger partial charge on any atom is -0.399 e. The molecule has 0 spiro atoms. The van der Waals surface area contributed by atoms with E-state index in [-0.39, 0.29) is 0 Å². The smallest absolute Gasteiger partial charge is 0.399 e. The standard InChI is InChI=1S/C67H42N2.C40H33BO2/c1-2-22-48(23-3-1)69-62-35-15-14-34-61(62)68-67(69)46-38-36-45(37-39-46)63-53-26-8-10-28-55(53)64(56-29-11-9-27-54(56)63)47-40-41-59-60(42-47)66(52-33-17-21-44-19-5-7-25-50(44)52)58-31-13-12-30-57(58)65(59)51-32-16-20-43-18-4-6-24-49(43)51;1-39(2)40(3,4)43-41(42-39)28-23-24-35-36(25-28)38(32-22-12-16-27-14-6-8-18-30(27)32)34-20-10-9-19-33(34)37(35)31-21-11-15-26-13-5-7-17-29(26)31/h1-42H;5-25H,1-4H3. The third-order valence-electron chi connectivity index (χ3n) is 24.1. The first-order chi connectivity index (χ1) is 55.1. The van der Waals surface area contributed by atoms with Crippen LogP contribution in [0.1, 0.15) is 27.7 Å². The Morgan fingerprint density at radius 3 is 0.973 bits per heavy atom. The van der Waals surface area contributed by atoms with Gasteiger partial charge in [-0.2, -0.15) is 0 Å². The van der Waals surface area contributed by atoms with Gasteiger partial charge in [-0.05, 0) is 238 Å². The molecule has 0 unspecified atom stereocenters. The summed E-state index contributed by atoms with van der Waals surface area (Å²) in [6.45, 7) is 8.45. The predicted molar refractivity (Wildman–Crippen MR) is 476 cm³/mol. The molecule has 2 heterocycles. The van der Waals surface area contributed by atoms with E-state index in [1.165, 1.54) is 174 Å². The van der Waals surface area contributed by atoms with Gasteiger partial charge >= 0.3 is 7.12 Å². The molecule has 1 fully saturated rings. The maximum absolute atomic E-state index is 6.55. The van der Waals surface area contributed by atoms with Crippen LogP contribution in [0, 0.1) is 0 Å². The van der Waals surface area contributed by atoms with Crippen LogP contribution < -0.4 is 5.46 Å². The molecule has 0 bridgehead atoms. The summed E-state index contributed by atoms with van der Waals surface area (Å²) in [4.78, 5) is 5.18. The summed E-state index contributed by atoms with van der Waals surface area (Å²) in [5.41, 5.74) is 19.2. The van der Waals surface area contributed by atoms with E-state index in [0.29, 0.717) is 0 Å². The fourth-order valence-corrected chi connectivity index (χ4v) is 18.2.